The zero-order valence-corrected chi connectivity index (χ0v) is 15.6. The fourth-order valence-electron chi connectivity index (χ4n) is 3.90. The van der Waals surface area contributed by atoms with Gasteiger partial charge < -0.3 is 15.4 Å². The van der Waals surface area contributed by atoms with Crippen LogP contribution in [-0.4, -0.2) is 61.1 Å². The minimum absolute atomic E-state index is 0.0270. The molecule has 0 bridgehead atoms. The van der Waals surface area contributed by atoms with E-state index < -0.39 is 0 Å². The van der Waals surface area contributed by atoms with Crippen molar-refractivity contribution in [3.05, 3.63) is 35.4 Å². The van der Waals surface area contributed by atoms with Crippen molar-refractivity contribution in [1.82, 2.24) is 15.5 Å². The Bertz CT molecular complexity index is 707. The molecule has 0 aromatic heterocycles. The number of hydrogen-bond acceptors (Lipinski definition) is 5. The summed E-state index contributed by atoms with van der Waals surface area (Å²) in [5, 5.41) is 14.8. The van der Waals surface area contributed by atoms with Crippen LogP contribution in [0.3, 0.4) is 0 Å². The third kappa shape index (κ3) is 4.65. The second-order valence-electron chi connectivity index (χ2n) is 7.05. The fourth-order valence-corrected chi connectivity index (χ4v) is 3.90. The van der Waals surface area contributed by atoms with Gasteiger partial charge in [0.2, 0.25) is 5.91 Å². The lowest BCUT2D eigenvalue weighted by molar-refractivity contribution is -0.126. The van der Waals surface area contributed by atoms with Crippen molar-refractivity contribution in [3.63, 3.8) is 0 Å². The molecule has 2 heterocycles. The van der Waals surface area contributed by atoms with Gasteiger partial charge in [0.25, 0.3) is 5.91 Å². The zero-order valence-electron chi connectivity index (χ0n) is 15.6. The van der Waals surface area contributed by atoms with E-state index >= 15 is 0 Å². The molecule has 27 heavy (non-hydrogen) atoms. The highest BCUT2D eigenvalue weighted by Crippen LogP contribution is 2.26. The van der Waals surface area contributed by atoms with Gasteiger partial charge in [-0.2, -0.15) is 5.26 Å². The number of nitrogens with one attached hydrogen (secondary N) is 2. The third-order valence-electron chi connectivity index (χ3n) is 5.26. The summed E-state index contributed by atoms with van der Waals surface area (Å²) in [7, 11) is 0. The summed E-state index contributed by atoms with van der Waals surface area (Å²) in [4.78, 5) is 27.3. The van der Waals surface area contributed by atoms with Gasteiger partial charge >= 0.3 is 0 Å². The van der Waals surface area contributed by atoms with Gasteiger partial charge in [0.15, 0.2) is 0 Å². The van der Waals surface area contributed by atoms with E-state index in [1.807, 2.05) is 13.0 Å². The van der Waals surface area contributed by atoms with Gasteiger partial charge in [0, 0.05) is 44.0 Å². The molecule has 0 aliphatic carbocycles. The number of amides is 2. The predicted octanol–water partition coefficient (Wildman–Crippen LogP) is 1.05. The molecule has 0 spiro atoms. The zero-order chi connectivity index (χ0) is 19.2. The van der Waals surface area contributed by atoms with Crippen LogP contribution >= 0.6 is 0 Å². The molecule has 1 aromatic rings. The van der Waals surface area contributed by atoms with Crippen LogP contribution in [0, 0.1) is 11.3 Å². The Kier molecular flexibility index (Phi) is 6.43. The molecule has 1 aromatic carbocycles. The van der Waals surface area contributed by atoms with Gasteiger partial charge in [-0.3, -0.25) is 14.5 Å². The number of ether oxygens (including phenoxy) is 1. The number of likely N-dealkylation sites (tertiary alicyclic amines) is 1. The Morgan fingerprint density at radius 3 is 2.59 bits per heavy atom. The normalized spacial score (nSPS) is 23.6. The monoisotopic (exact) mass is 370 g/mol. The molecule has 2 saturated heterocycles. The minimum Gasteiger partial charge on any atom is -0.381 e. The first kappa shape index (κ1) is 19.3. The molecule has 2 atom stereocenters. The average molecular weight is 370 g/mol. The largest absolute Gasteiger partial charge is 0.381 e. The molecule has 0 saturated carbocycles. The van der Waals surface area contributed by atoms with Crippen LogP contribution in [-0.2, 0) is 9.53 Å². The number of carbonyl (C=O) groups is 2. The minimum atomic E-state index is -0.223. The molecule has 2 amide bonds. The summed E-state index contributed by atoms with van der Waals surface area (Å²) < 4.78 is 5.45. The van der Waals surface area contributed by atoms with Gasteiger partial charge in [-0.25, -0.2) is 0 Å². The lowest BCUT2D eigenvalue weighted by Crippen LogP contribution is -2.49. The van der Waals surface area contributed by atoms with Crippen molar-refractivity contribution in [2.75, 3.05) is 26.3 Å². The highest BCUT2D eigenvalue weighted by atomic mass is 16.5. The van der Waals surface area contributed by atoms with E-state index in [1.165, 1.54) is 0 Å². The molecule has 7 heteroatoms. The number of hydrogen-bond donors (Lipinski definition) is 2. The first-order valence-corrected chi connectivity index (χ1v) is 9.54. The molecular formula is C20H26N4O3. The average Bonchev–Trinajstić information content (AvgIpc) is 3.13. The first-order chi connectivity index (χ1) is 13.1. The maximum absolute atomic E-state index is 12.6. The summed E-state index contributed by atoms with van der Waals surface area (Å²) >= 11 is 0. The van der Waals surface area contributed by atoms with E-state index in [1.54, 1.807) is 24.3 Å². The molecule has 0 radical (unpaired) electrons. The Morgan fingerprint density at radius 1 is 1.26 bits per heavy atom. The molecule has 3 rings (SSSR count). The smallest absolute Gasteiger partial charge is 0.251 e. The Balaban J connectivity index is 1.67. The van der Waals surface area contributed by atoms with Crippen LogP contribution in [0.15, 0.2) is 24.3 Å². The maximum Gasteiger partial charge on any atom is 0.251 e. The number of benzene rings is 1. The van der Waals surface area contributed by atoms with E-state index in [-0.39, 0.29) is 23.9 Å². The Morgan fingerprint density at radius 2 is 1.96 bits per heavy atom. The quantitative estimate of drug-likeness (QED) is 0.808. The van der Waals surface area contributed by atoms with Crippen molar-refractivity contribution in [2.24, 2.45) is 0 Å². The van der Waals surface area contributed by atoms with E-state index in [0.717, 1.165) is 12.8 Å². The molecule has 2 N–H and O–H groups in total. The summed E-state index contributed by atoms with van der Waals surface area (Å²) in [5.74, 6) is -0.146. The second kappa shape index (κ2) is 8.98. The van der Waals surface area contributed by atoms with Gasteiger partial charge in [-0.15, -0.1) is 0 Å². The van der Waals surface area contributed by atoms with E-state index in [4.69, 9.17) is 10.00 Å². The highest BCUT2D eigenvalue weighted by molar-refractivity contribution is 5.94. The fraction of sp³-hybridized carbons (Fsp3) is 0.550. The molecule has 0 unspecified atom stereocenters. The number of likely N-dealkylation sites (N-methyl/N-ethyl adjacent to an activating group) is 1. The maximum atomic E-state index is 12.6. The second-order valence-corrected chi connectivity index (χ2v) is 7.05. The lowest BCUT2D eigenvalue weighted by Gasteiger charge is -2.34. The van der Waals surface area contributed by atoms with Crippen molar-refractivity contribution >= 4 is 11.8 Å². The third-order valence-corrected chi connectivity index (χ3v) is 5.26. The number of rotatable bonds is 5. The van der Waals surface area contributed by atoms with Gasteiger partial charge in [-0.1, -0.05) is 0 Å². The lowest BCUT2D eigenvalue weighted by atomic mass is 10.1. The van der Waals surface area contributed by atoms with Gasteiger partial charge in [0.05, 0.1) is 17.7 Å². The standard InChI is InChI=1S/C20H26N4O3/c1-2-22-20(26)18-11-16(13-24(18)17-7-9-27-10-8-17)23-19(25)15-5-3-14(12-21)4-6-15/h3-6,16-18H,2,7-11,13H2,1H3,(H,22,26)(H,23,25)/t16-,18-/m0/s1. The van der Waals surface area contributed by atoms with Crippen molar-refractivity contribution in [2.45, 2.75) is 44.3 Å². The van der Waals surface area contributed by atoms with Gasteiger partial charge in [0.1, 0.15) is 0 Å². The van der Waals surface area contributed by atoms with Crippen LogP contribution in [0.1, 0.15) is 42.1 Å². The summed E-state index contributed by atoms with van der Waals surface area (Å²) in [5.41, 5.74) is 1.04. The van der Waals surface area contributed by atoms with Crippen molar-refractivity contribution in [1.29, 1.82) is 5.26 Å². The van der Waals surface area contributed by atoms with E-state index in [0.29, 0.717) is 49.9 Å². The first-order valence-electron chi connectivity index (χ1n) is 9.54. The molecule has 2 aliphatic rings. The SMILES string of the molecule is CCNC(=O)[C@@H]1C[C@H](NC(=O)c2ccc(C#N)cc2)CN1C1CCOCC1. The van der Waals surface area contributed by atoms with Crippen LogP contribution in [0.2, 0.25) is 0 Å². The summed E-state index contributed by atoms with van der Waals surface area (Å²) in [6, 6.07) is 8.63. The van der Waals surface area contributed by atoms with Crippen LogP contribution < -0.4 is 10.6 Å². The van der Waals surface area contributed by atoms with E-state index in [9.17, 15) is 9.59 Å². The van der Waals surface area contributed by atoms with Gasteiger partial charge in [-0.05, 0) is 50.5 Å². The summed E-state index contributed by atoms with van der Waals surface area (Å²) in [6.45, 7) is 4.60. The van der Waals surface area contributed by atoms with Crippen LogP contribution in [0.4, 0.5) is 0 Å². The number of nitriles is 1. The predicted molar refractivity (Wildman–Crippen MR) is 100 cm³/mol. The number of carbonyl (C=O) groups excluding carboxylic acids is 2. The van der Waals surface area contributed by atoms with Crippen molar-refractivity contribution in [3.8, 4) is 6.07 Å². The van der Waals surface area contributed by atoms with Crippen LogP contribution in [0.25, 0.3) is 0 Å². The van der Waals surface area contributed by atoms with E-state index in [2.05, 4.69) is 15.5 Å². The molecule has 2 fully saturated rings. The molecule has 144 valence electrons. The highest BCUT2D eigenvalue weighted by Gasteiger charge is 2.41. The Hall–Kier alpha value is -2.43. The van der Waals surface area contributed by atoms with Crippen LogP contribution in [0.5, 0.6) is 0 Å². The number of nitrogens with zero attached hydrogens (tertiary/aromatic N) is 2. The topological polar surface area (TPSA) is 94.5 Å². The molecular weight excluding hydrogens is 344 g/mol. The molecule has 2 aliphatic heterocycles. The molecule has 7 nitrogen and oxygen atoms in total. The Labute approximate surface area is 159 Å². The van der Waals surface area contributed by atoms with Crippen molar-refractivity contribution < 1.29 is 14.3 Å². The summed E-state index contributed by atoms with van der Waals surface area (Å²) in [6.07, 6.45) is 2.42.